The zero-order valence-corrected chi connectivity index (χ0v) is 21.0. The van der Waals surface area contributed by atoms with Crippen LogP contribution >= 0.6 is 24.0 Å². The third kappa shape index (κ3) is 7.18. The Morgan fingerprint density at radius 2 is 1.79 bits per heavy atom. The first-order chi connectivity index (χ1) is 13.1. The van der Waals surface area contributed by atoms with Gasteiger partial charge in [0.05, 0.1) is 18.0 Å². The van der Waals surface area contributed by atoms with E-state index in [1.54, 1.807) is 9.80 Å². The summed E-state index contributed by atoms with van der Waals surface area (Å²) in [6.45, 7) is 10.0. The number of aliphatic imine (C=N–C) groups is 1. The van der Waals surface area contributed by atoms with Crippen molar-refractivity contribution in [3.05, 3.63) is 0 Å². The summed E-state index contributed by atoms with van der Waals surface area (Å²) in [4.78, 5) is 32.9. The molecule has 2 aliphatic rings. The van der Waals surface area contributed by atoms with Gasteiger partial charge in [-0.3, -0.25) is 9.79 Å². The van der Waals surface area contributed by atoms with E-state index in [1.807, 2.05) is 41.8 Å². The van der Waals surface area contributed by atoms with Gasteiger partial charge in [-0.05, 0) is 40.5 Å². The lowest BCUT2D eigenvalue weighted by Gasteiger charge is -2.40. The van der Waals surface area contributed by atoms with Crippen molar-refractivity contribution in [1.82, 2.24) is 20.4 Å². The molecule has 9 heteroatoms. The van der Waals surface area contributed by atoms with Gasteiger partial charge in [-0.1, -0.05) is 12.8 Å². The summed E-state index contributed by atoms with van der Waals surface area (Å²) in [5.41, 5.74) is -0.866. The average molecular weight is 523 g/mol. The van der Waals surface area contributed by atoms with Crippen molar-refractivity contribution in [3.8, 4) is 0 Å². The Morgan fingerprint density at radius 1 is 1.21 bits per heavy atom. The highest BCUT2D eigenvalue weighted by molar-refractivity contribution is 14.0. The molecule has 1 aliphatic heterocycles. The molecule has 1 heterocycles. The van der Waals surface area contributed by atoms with Crippen molar-refractivity contribution in [3.63, 3.8) is 0 Å². The third-order valence-corrected chi connectivity index (χ3v) is 5.18. The summed E-state index contributed by atoms with van der Waals surface area (Å²) >= 11 is 0. The maximum Gasteiger partial charge on any atom is 0.410 e. The Hall–Kier alpha value is -1.26. The maximum atomic E-state index is 12.7. The van der Waals surface area contributed by atoms with Crippen LogP contribution in [0.25, 0.3) is 0 Å². The fourth-order valence-electron chi connectivity index (χ4n) is 3.75. The first-order valence-electron chi connectivity index (χ1n) is 10.3. The van der Waals surface area contributed by atoms with Gasteiger partial charge in [-0.15, -0.1) is 24.0 Å². The van der Waals surface area contributed by atoms with Crippen LogP contribution in [0.1, 0.15) is 53.4 Å². The number of amides is 2. The highest BCUT2D eigenvalue weighted by Gasteiger charge is 2.42. The summed E-state index contributed by atoms with van der Waals surface area (Å²) in [5.74, 6) is 0.874. The second kappa shape index (κ2) is 10.7. The Kier molecular flexibility index (Phi) is 9.49. The lowest BCUT2D eigenvalue weighted by atomic mass is 9.85. The summed E-state index contributed by atoms with van der Waals surface area (Å²) in [5, 5.41) is 6.63. The SMILES string of the molecule is CCNC(=NCC1(C(=O)N(C)C)CCCC1)NC1CN(C(=O)OC(C)(C)C)C1.I. The molecule has 1 saturated carbocycles. The number of guanidine groups is 1. The number of carbonyl (C=O) groups is 2. The van der Waals surface area contributed by atoms with Crippen molar-refractivity contribution < 1.29 is 14.3 Å². The second-order valence-electron chi connectivity index (χ2n) is 9.11. The molecule has 0 aromatic carbocycles. The van der Waals surface area contributed by atoms with Gasteiger partial charge in [0.2, 0.25) is 5.91 Å². The number of hydrogen-bond donors (Lipinski definition) is 2. The molecule has 0 bridgehead atoms. The number of halogens is 1. The Labute approximate surface area is 192 Å². The molecule has 1 saturated heterocycles. The fraction of sp³-hybridized carbons (Fsp3) is 0.850. The van der Waals surface area contributed by atoms with Gasteiger partial charge in [-0.2, -0.15) is 0 Å². The molecule has 168 valence electrons. The van der Waals surface area contributed by atoms with Crippen molar-refractivity contribution in [1.29, 1.82) is 0 Å². The topological polar surface area (TPSA) is 86.3 Å². The van der Waals surface area contributed by atoms with Crippen LogP contribution in [0.5, 0.6) is 0 Å². The highest BCUT2D eigenvalue weighted by atomic mass is 127. The summed E-state index contributed by atoms with van der Waals surface area (Å²) in [7, 11) is 3.63. The van der Waals surface area contributed by atoms with Crippen LogP contribution in [0, 0.1) is 5.41 Å². The molecule has 2 rings (SSSR count). The first-order valence-corrected chi connectivity index (χ1v) is 10.3. The van der Waals surface area contributed by atoms with Gasteiger partial charge in [-0.25, -0.2) is 4.79 Å². The monoisotopic (exact) mass is 523 g/mol. The highest BCUT2D eigenvalue weighted by Crippen LogP contribution is 2.39. The van der Waals surface area contributed by atoms with Crippen molar-refractivity contribution in [2.75, 3.05) is 40.3 Å². The molecule has 2 amide bonds. The molecule has 8 nitrogen and oxygen atoms in total. The van der Waals surface area contributed by atoms with E-state index in [-0.39, 0.29) is 47.4 Å². The zero-order valence-electron chi connectivity index (χ0n) is 18.7. The van der Waals surface area contributed by atoms with Crippen molar-refractivity contribution in [2.45, 2.75) is 65.0 Å². The van der Waals surface area contributed by atoms with Gasteiger partial charge in [0, 0.05) is 33.7 Å². The van der Waals surface area contributed by atoms with E-state index in [0.717, 1.165) is 32.2 Å². The molecule has 0 aromatic heterocycles. The first kappa shape index (κ1) is 25.8. The largest absolute Gasteiger partial charge is 0.444 e. The quantitative estimate of drug-likeness (QED) is 0.329. The molecule has 0 aromatic rings. The number of likely N-dealkylation sites (tertiary alicyclic amines) is 1. The van der Waals surface area contributed by atoms with E-state index in [2.05, 4.69) is 10.6 Å². The lowest BCUT2D eigenvalue weighted by molar-refractivity contribution is -0.138. The molecule has 0 spiro atoms. The molecule has 2 fully saturated rings. The number of nitrogens with one attached hydrogen (secondary N) is 2. The van der Waals surface area contributed by atoms with Crippen LogP contribution < -0.4 is 10.6 Å². The van der Waals surface area contributed by atoms with E-state index >= 15 is 0 Å². The normalized spacial score (nSPS) is 19.1. The number of nitrogens with zero attached hydrogens (tertiary/aromatic N) is 3. The zero-order chi connectivity index (χ0) is 20.9. The van der Waals surface area contributed by atoms with Crippen molar-refractivity contribution >= 4 is 41.9 Å². The molecule has 0 radical (unpaired) electrons. The third-order valence-electron chi connectivity index (χ3n) is 5.18. The van der Waals surface area contributed by atoms with Crippen molar-refractivity contribution in [2.24, 2.45) is 10.4 Å². The molecular weight excluding hydrogens is 485 g/mol. The van der Waals surface area contributed by atoms with E-state index in [4.69, 9.17) is 9.73 Å². The number of rotatable bonds is 5. The minimum Gasteiger partial charge on any atom is -0.444 e. The minimum absolute atomic E-state index is 0. The molecule has 2 N–H and O–H groups in total. The summed E-state index contributed by atoms with van der Waals surface area (Å²) in [6.07, 6.45) is 3.65. The summed E-state index contributed by atoms with van der Waals surface area (Å²) < 4.78 is 5.39. The predicted molar refractivity (Wildman–Crippen MR) is 126 cm³/mol. The predicted octanol–water partition coefficient (Wildman–Crippen LogP) is 2.43. The van der Waals surface area contributed by atoms with Crippen LogP contribution in [0.2, 0.25) is 0 Å². The Bertz CT molecular complexity index is 591. The molecular formula is C20H38IN5O3. The fourth-order valence-corrected chi connectivity index (χ4v) is 3.75. The minimum atomic E-state index is -0.486. The van der Waals surface area contributed by atoms with Gasteiger partial charge in [0.15, 0.2) is 5.96 Å². The molecule has 29 heavy (non-hydrogen) atoms. The van der Waals surface area contributed by atoms with Crippen LogP contribution in [0.3, 0.4) is 0 Å². The smallest absolute Gasteiger partial charge is 0.410 e. The van der Waals surface area contributed by atoms with Gasteiger partial charge >= 0.3 is 6.09 Å². The molecule has 0 atom stereocenters. The number of ether oxygens (including phenoxy) is 1. The van der Waals surface area contributed by atoms with Gasteiger partial charge < -0.3 is 25.2 Å². The standard InChI is InChI=1S/C20H37N5O3.HI/c1-7-21-17(22-14-20(10-8-9-11-20)16(26)24(5)6)23-15-12-25(13-15)18(27)28-19(2,3)4;/h15H,7-14H2,1-6H3,(H2,21,22,23);1H. The maximum absolute atomic E-state index is 12.7. The van der Waals surface area contributed by atoms with Crippen LogP contribution in [0.15, 0.2) is 4.99 Å². The molecule has 0 unspecified atom stereocenters. The van der Waals surface area contributed by atoms with E-state index < -0.39 is 5.60 Å². The number of hydrogen-bond acceptors (Lipinski definition) is 4. The molecule has 1 aliphatic carbocycles. The summed E-state index contributed by atoms with van der Waals surface area (Å²) in [6, 6.07) is 0.134. The second-order valence-corrected chi connectivity index (χ2v) is 9.11. The van der Waals surface area contributed by atoms with E-state index in [9.17, 15) is 9.59 Å². The van der Waals surface area contributed by atoms with E-state index in [0.29, 0.717) is 25.6 Å². The van der Waals surface area contributed by atoms with Gasteiger partial charge in [0.1, 0.15) is 5.60 Å². The number of carbonyl (C=O) groups excluding carboxylic acids is 2. The van der Waals surface area contributed by atoms with Crippen LogP contribution in [-0.4, -0.2) is 79.7 Å². The van der Waals surface area contributed by atoms with Crippen LogP contribution in [-0.2, 0) is 9.53 Å². The lowest BCUT2D eigenvalue weighted by Crippen LogP contribution is -2.63. The van der Waals surface area contributed by atoms with E-state index in [1.165, 1.54) is 0 Å². The van der Waals surface area contributed by atoms with Crippen LogP contribution in [0.4, 0.5) is 4.79 Å². The van der Waals surface area contributed by atoms with Gasteiger partial charge in [0.25, 0.3) is 0 Å². The average Bonchev–Trinajstić information content (AvgIpc) is 3.02. The Morgan fingerprint density at radius 3 is 2.28 bits per heavy atom. The Balaban J connectivity index is 0.00000420.